The molecule has 2 N–H and O–H groups in total. The normalized spacial score (nSPS) is 13.8. The Kier molecular flexibility index (Phi) is 12.8. The van der Waals surface area contributed by atoms with Crippen LogP contribution in [0.1, 0.15) is 85.5 Å². The van der Waals surface area contributed by atoms with E-state index in [0.717, 1.165) is 12.8 Å². The fourth-order valence-electron chi connectivity index (χ4n) is 2.93. The zero-order chi connectivity index (χ0) is 17.7. The van der Waals surface area contributed by atoms with Crippen LogP contribution in [-0.4, -0.2) is 23.5 Å². The van der Waals surface area contributed by atoms with Crippen LogP contribution in [0.3, 0.4) is 0 Å². The summed E-state index contributed by atoms with van der Waals surface area (Å²) >= 11 is 0. The van der Waals surface area contributed by atoms with E-state index in [4.69, 9.17) is 0 Å². The van der Waals surface area contributed by atoms with E-state index in [1.54, 1.807) is 0 Å². The van der Waals surface area contributed by atoms with Gasteiger partial charge in [-0.2, -0.15) is 0 Å². The van der Waals surface area contributed by atoms with Crippen LogP contribution in [0.2, 0.25) is 0 Å². The lowest BCUT2D eigenvalue weighted by Gasteiger charge is -2.20. The van der Waals surface area contributed by atoms with E-state index in [-0.39, 0.29) is 11.8 Å². The summed E-state index contributed by atoms with van der Waals surface area (Å²) in [6, 6.07) is 0. The molecule has 0 aliphatic carbocycles. The van der Waals surface area contributed by atoms with E-state index < -0.39 is 11.9 Å². The zero-order valence-electron chi connectivity index (χ0n) is 15.6. The molecule has 0 saturated heterocycles. The van der Waals surface area contributed by atoms with Crippen LogP contribution < -0.4 is 5.32 Å². The molecule has 0 heterocycles. The molecule has 0 aromatic carbocycles. The van der Waals surface area contributed by atoms with Crippen LogP contribution >= 0.6 is 0 Å². The molecule has 136 valence electrons. The predicted molar refractivity (Wildman–Crippen MR) is 95.4 cm³/mol. The molecule has 0 rings (SSSR count). The maximum atomic E-state index is 12.2. The molecule has 0 saturated carbocycles. The summed E-state index contributed by atoms with van der Waals surface area (Å²) < 4.78 is 0. The second kappa shape index (κ2) is 13.4. The van der Waals surface area contributed by atoms with Crippen molar-refractivity contribution in [3.63, 3.8) is 0 Å². The topological polar surface area (TPSA) is 66.4 Å². The number of unbranched alkanes of at least 4 members (excludes halogenated alkanes) is 5. The third-order valence-corrected chi connectivity index (χ3v) is 4.37. The van der Waals surface area contributed by atoms with Crippen molar-refractivity contribution in [3.05, 3.63) is 0 Å². The zero-order valence-corrected chi connectivity index (χ0v) is 15.6. The fraction of sp³-hybridized carbons (Fsp3) is 0.895. The molecule has 0 aromatic rings. The van der Waals surface area contributed by atoms with Gasteiger partial charge in [-0.15, -0.1) is 0 Å². The van der Waals surface area contributed by atoms with Crippen LogP contribution in [0.25, 0.3) is 0 Å². The Morgan fingerprint density at radius 1 is 0.913 bits per heavy atom. The van der Waals surface area contributed by atoms with E-state index in [1.807, 2.05) is 20.8 Å². The van der Waals surface area contributed by atoms with Crippen molar-refractivity contribution in [2.24, 2.45) is 17.8 Å². The van der Waals surface area contributed by atoms with Crippen LogP contribution in [0.5, 0.6) is 0 Å². The Bertz CT molecular complexity index is 329. The minimum atomic E-state index is -0.777. The SMILES string of the molecule is CCCCCCCCNC(=O)[C@H](CC)C[C@H](CC(C)C)C(=O)O. The molecule has 0 unspecified atom stereocenters. The molecule has 4 nitrogen and oxygen atoms in total. The Morgan fingerprint density at radius 3 is 2.04 bits per heavy atom. The molecule has 0 radical (unpaired) electrons. The number of amides is 1. The van der Waals surface area contributed by atoms with Crippen LogP contribution in [-0.2, 0) is 9.59 Å². The molecule has 0 fully saturated rings. The number of carbonyl (C=O) groups excluding carboxylic acids is 1. The van der Waals surface area contributed by atoms with Gasteiger partial charge in [0.1, 0.15) is 0 Å². The number of hydrogen-bond donors (Lipinski definition) is 2. The number of carbonyl (C=O) groups is 2. The van der Waals surface area contributed by atoms with Crippen molar-refractivity contribution < 1.29 is 14.7 Å². The summed E-state index contributed by atoms with van der Waals surface area (Å²) in [6.07, 6.45) is 9.00. The number of rotatable bonds is 14. The van der Waals surface area contributed by atoms with Crippen molar-refractivity contribution in [2.45, 2.75) is 85.5 Å². The molecule has 0 bridgehead atoms. The second-order valence-electron chi connectivity index (χ2n) is 7.06. The summed E-state index contributed by atoms with van der Waals surface area (Å²) in [5.41, 5.74) is 0. The highest BCUT2D eigenvalue weighted by Gasteiger charge is 2.26. The molecule has 0 spiro atoms. The summed E-state index contributed by atoms with van der Waals surface area (Å²) in [7, 11) is 0. The smallest absolute Gasteiger partial charge is 0.306 e. The van der Waals surface area contributed by atoms with Gasteiger partial charge in [0.05, 0.1) is 5.92 Å². The van der Waals surface area contributed by atoms with Crippen LogP contribution in [0, 0.1) is 17.8 Å². The minimum Gasteiger partial charge on any atom is -0.481 e. The van der Waals surface area contributed by atoms with E-state index in [9.17, 15) is 14.7 Å². The molecule has 0 aliphatic heterocycles. The molecule has 23 heavy (non-hydrogen) atoms. The lowest BCUT2D eigenvalue weighted by molar-refractivity contribution is -0.143. The first-order valence-electron chi connectivity index (χ1n) is 9.42. The Hall–Kier alpha value is -1.06. The highest BCUT2D eigenvalue weighted by molar-refractivity contribution is 5.79. The lowest BCUT2D eigenvalue weighted by Crippen LogP contribution is -2.33. The molecule has 0 aliphatic rings. The number of nitrogens with one attached hydrogen (secondary N) is 1. The fourth-order valence-corrected chi connectivity index (χ4v) is 2.93. The van der Waals surface area contributed by atoms with E-state index in [2.05, 4.69) is 12.2 Å². The Labute approximate surface area is 142 Å². The van der Waals surface area contributed by atoms with Gasteiger partial charge in [0, 0.05) is 12.5 Å². The minimum absolute atomic E-state index is 0.0241. The van der Waals surface area contributed by atoms with Crippen molar-refractivity contribution in [2.75, 3.05) is 6.54 Å². The standard InChI is InChI=1S/C19H37NO3/c1-5-7-8-9-10-11-12-20-18(21)16(6-2)14-17(19(22)23)13-15(3)4/h15-17H,5-14H2,1-4H3,(H,20,21)(H,22,23)/t16-,17+/m1/s1. The lowest BCUT2D eigenvalue weighted by atomic mass is 9.86. The maximum absolute atomic E-state index is 12.2. The van der Waals surface area contributed by atoms with Crippen LogP contribution in [0.15, 0.2) is 0 Å². The molecular weight excluding hydrogens is 290 g/mol. The van der Waals surface area contributed by atoms with Gasteiger partial charge in [0.25, 0.3) is 0 Å². The summed E-state index contributed by atoms with van der Waals surface area (Å²) in [5.74, 6) is -1.02. The first-order valence-corrected chi connectivity index (χ1v) is 9.42. The molecule has 4 heteroatoms. The van der Waals surface area contributed by atoms with Gasteiger partial charge in [-0.25, -0.2) is 0 Å². The third-order valence-electron chi connectivity index (χ3n) is 4.37. The van der Waals surface area contributed by atoms with Crippen LogP contribution in [0.4, 0.5) is 0 Å². The average Bonchev–Trinajstić information content (AvgIpc) is 2.49. The second-order valence-corrected chi connectivity index (χ2v) is 7.06. The Morgan fingerprint density at radius 2 is 1.52 bits per heavy atom. The predicted octanol–water partition coefficient (Wildman–Crippen LogP) is 4.63. The monoisotopic (exact) mass is 327 g/mol. The van der Waals surface area contributed by atoms with E-state index in [0.29, 0.717) is 31.7 Å². The van der Waals surface area contributed by atoms with Gasteiger partial charge in [0.15, 0.2) is 0 Å². The largest absolute Gasteiger partial charge is 0.481 e. The summed E-state index contributed by atoms with van der Waals surface area (Å²) in [4.78, 5) is 23.6. The van der Waals surface area contributed by atoms with Gasteiger partial charge < -0.3 is 10.4 Å². The van der Waals surface area contributed by atoms with Crippen molar-refractivity contribution in [3.8, 4) is 0 Å². The first-order chi connectivity index (χ1) is 10.9. The quantitative estimate of drug-likeness (QED) is 0.457. The molecule has 0 aromatic heterocycles. The molecule has 2 atom stereocenters. The summed E-state index contributed by atoms with van der Waals surface area (Å²) in [6.45, 7) is 8.92. The number of carboxylic acids is 1. The van der Waals surface area contributed by atoms with Crippen molar-refractivity contribution >= 4 is 11.9 Å². The van der Waals surface area contributed by atoms with Gasteiger partial charge in [0.2, 0.25) is 5.91 Å². The van der Waals surface area contributed by atoms with E-state index in [1.165, 1.54) is 25.7 Å². The van der Waals surface area contributed by atoms with Gasteiger partial charge in [-0.1, -0.05) is 59.8 Å². The third kappa shape index (κ3) is 11.2. The van der Waals surface area contributed by atoms with Gasteiger partial charge in [-0.05, 0) is 31.6 Å². The number of carboxylic acid groups (broad SMARTS) is 1. The average molecular weight is 328 g/mol. The Balaban J connectivity index is 4.12. The molecule has 1 amide bonds. The first kappa shape index (κ1) is 21.9. The van der Waals surface area contributed by atoms with E-state index >= 15 is 0 Å². The van der Waals surface area contributed by atoms with Gasteiger partial charge >= 0.3 is 5.97 Å². The maximum Gasteiger partial charge on any atom is 0.306 e. The van der Waals surface area contributed by atoms with Crippen molar-refractivity contribution in [1.82, 2.24) is 5.32 Å². The summed E-state index contributed by atoms with van der Waals surface area (Å²) in [5, 5.41) is 12.3. The van der Waals surface area contributed by atoms with Gasteiger partial charge in [-0.3, -0.25) is 9.59 Å². The highest BCUT2D eigenvalue weighted by atomic mass is 16.4. The highest BCUT2D eigenvalue weighted by Crippen LogP contribution is 2.22. The molecular formula is C19H37NO3. The number of aliphatic carboxylic acids is 1. The van der Waals surface area contributed by atoms with Crippen molar-refractivity contribution in [1.29, 1.82) is 0 Å². The number of hydrogen-bond acceptors (Lipinski definition) is 2.